The molecule has 0 aliphatic rings. The molecule has 0 fully saturated rings. The van der Waals surface area contributed by atoms with Gasteiger partial charge >= 0.3 is 0 Å². The lowest BCUT2D eigenvalue weighted by Crippen LogP contribution is -2.33. The summed E-state index contributed by atoms with van der Waals surface area (Å²) in [4.78, 5) is 10.7. The van der Waals surface area contributed by atoms with Crippen LogP contribution in [0.4, 0.5) is 0 Å². The van der Waals surface area contributed by atoms with E-state index in [0.717, 1.165) is 38.9 Å². The van der Waals surface area contributed by atoms with E-state index >= 15 is 0 Å². The van der Waals surface area contributed by atoms with Crippen LogP contribution in [-0.2, 0) is 4.79 Å². The number of hydrogen-bond acceptors (Lipinski definition) is 3. The highest BCUT2D eigenvalue weighted by Crippen LogP contribution is 1.89. The quantitative estimate of drug-likeness (QED) is 0.492. The number of carbonyl (C=O) groups is 1. The molecule has 1 atom stereocenters. The zero-order valence-electron chi connectivity index (χ0n) is 9.31. The molecule has 0 radical (unpaired) electrons. The van der Waals surface area contributed by atoms with Gasteiger partial charge in [-0.05, 0) is 45.8 Å². The summed E-state index contributed by atoms with van der Waals surface area (Å²) in [6, 6.07) is 0.259. The number of unbranched alkanes of at least 4 members (excludes halogenated alkanes) is 1. The fraction of sp³-hybridized carbons (Fsp3) is 0.900. The Morgan fingerprint density at radius 1 is 1.36 bits per heavy atom. The molecule has 0 aliphatic heterocycles. The predicted octanol–water partition coefficient (Wildman–Crippen LogP) is 0.230. The van der Waals surface area contributed by atoms with Crippen LogP contribution in [0.15, 0.2) is 0 Å². The Hall–Kier alpha value is -0.610. The summed E-state index contributed by atoms with van der Waals surface area (Å²) in [5, 5.41) is 6.16. The maximum Gasteiger partial charge on any atom is 0.217 e. The number of nitrogens with one attached hydrogen (secondary N) is 2. The number of rotatable bonds is 8. The van der Waals surface area contributed by atoms with Crippen LogP contribution >= 0.6 is 0 Å². The molecule has 0 aromatic rings. The van der Waals surface area contributed by atoms with Crippen molar-refractivity contribution in [3.63, 3.8) is 0 Å². The van der Waals surface area contributed by atoms with Crippen molar-refractivity contribution in [1.82, 2.24) is 10.6 Å². The van der Waals surface area contributed by atoms with Crippen molar-refractivity contribution in [2.45, 2.75) is 39.2 Å². The first-order chi connectivity index (χ1) is 6.66. The van der Waals surface area contributed by atoms with Crippen molar-refractivity contribution < 1.29 is 4.79 Å². The van der Waals surface area contributed by atoms with Gasteiger partial charge in [0.25, 0.3) is 0 Å². The van der Waals surface area contributed by atoms with Gasteiger partial charge in [-0.2, -0.15) is 0 Å². The maximum atomic E-state index is 10.7. The van der Waals surface area contributed by atoms with Gasteiger partial charge in [0.2, 0.25) is 5.91 Å². The highest BCUT2D eigenvalue weighted by atomic mass is 16.1. The first-order valence-electron chi connectivity index (χ1n) is 5.34. The first-order valence-corrected chi connectivity index (χ1v) is 5.34. The van der Waals surface area contributed by atoms with Gasteiger partial charge in [0, 0.05) is 13.0 Å². The van der Waals surface area contributed by atoms with Crippen molar-refractivity contribution in [3.8, 4) is 0 Å². The van der Waals surface area contributed by atoms with E-state index in [9.17, 15) is 4.79 Å². The molecule has 4 nitrogen and oxygen atoms in total. The van der Waals surface area contributed by atoms with Crippen molar-refractivity contribution in [3.05, 3.63) is 0 Å². The maximum absolute atomic E-state index is 10.7. The van der Waals surface area contributed by atoms with Crippen molar-refractivity contribution in [2.75, 3.05) is 19.6 Å². The van der Waals surface area contributed by atoms with E-state index in [0.29, 0.717) is 0 Å². The van der Waals surface area contributed by atoms with E-state index in [1.165, 1.54) is 0 Å². The monoisotopic (exact) mass is 201 g/mol. The molecule has 14 heavy (non-hydrogen) atoms. The number of hydrogen-bond donors (Lipinski definition) is 3. The molecule has 1 unspecified atom stereocenters. The average Bonchev–Trinajstić information content (AvgIpc) is 2.10. The fourth-order valence-electron chi connectivity index (χ4n) is 1.26. The summed E-state index contributed by atoms with van der Waals surface area (Å²) in [7, 11) is 0. The number of nitrogens with two attached hydrogens (primary N) is 1. The van der Waals surface area contributed by atoms with Gasteiger partial charge in [0.15, 0.2) is 0 Å². The molecule has 0 saturated heterocycles. The Bertz CT molecular complexity index is 150. The molecule has 84 valence electrons. The third-order valence-electron chi connectivity index (χ3n) is 2.01. The Morgan fingerprint density at radius 2 is 2.07 bits per heavy atom. The normalized spacial score (nSPS) is 12.5. The van der Waals surface area contributed by atoms with Crippen LogP contribution in [0.1, 0.15) is 33.1 Å². The summed E-state index contributed by atoms with van der Waals surface area (Å²) in [6.45, 7) is 6.30. The Morgan fingerprint density at radius 3 is 2.64 bits per heavy atom. The van der Waals surface area contributed by atoms with Gasteiger partial charge in [-0.1, -0.05) is 0 Å². The second-order valence-electron chi connectivity index (χ2n) is 3.64. The summed E-state index contributed by atoms with van der Waals surface area (Å²) < 4.78 is 0. The van der Waals surface area contributed by atoms with Crippen molar-refractivity contribution in [1.29, 1.82) is 0 Å². The molecular formula is C10H23N3O. The number of amides is 1. The predicted molar refractivity (Wildman–Crippen MR) is 59.1 cm³/mol. The average molecular weight is 201 g/mol. The lowest BCUT2D eigenvalue weighted by Gasteiger charge is -2.12. The topological polar surface area (TPSA) is 67.2 Å². The molecule has 1 amide bonds. The van der Waals surface area contributed by atoms with Crippen molar-refractivity contribution >= 4 is 5.91 Å². The van der Waals surface area contributed by atoms with E-state index in [2.05, 4.69) is 10.6 Å². The van der Waals surface area contributed by atoms with Gasteiger partial charge in [-0.3, -0.25) is 4.79 Å². The lowest BCUT2D eigenvalue weighted by molar-refractivity contribution is -0.119. The molecule has 0 rings (SSSR count). The van der Waals surface area contributed by atoms with Gasteiger partial charge < -0.3 is 16.4 Å². The smallest absolute Gasteiger partial charge is 0.217 e. The zero-order chi connectivity index (χ0) is 10.8. The fourth-order valence-corrected chi connectivity index (χ4v) is 1.26. The van der Waals surface area contributed by atoms with Crippen LogP contribution in [-0.4, -0.2) is 31.6 Å². The summed E-state index contributed by atoms with van der Waals surface area (Å²) in [6.07, 6.45) is 3.18. The Balaban J connectivity index is 3.14. The summed E-state index contributed by atoms with van der Waals surface area (Å²) in [5.41, 5.74) is 5.37. The molecule has 4 N–H and O–H groups in total. The van der Waals surface area contributed by atoms with Gasteiger partial charge in [-0.15, -0.1) is 0 Å². The molecular weight excluding hydrogens is 178 g/mol. The molecule has 0 aromatic carbocycles. The Kier molecular flexibility index (Phi) is 8.57. The standard InChI is InChI=1S/C10H23N3O/c1-9(13-10(2)14)5-8-12-7-4-3-6-11/h9,12H,3-8,11H2,1-2H3,(H,13,14). The number of carbonyl (C=O) groups excluding carboxylic acids is 1. The largest absolute Gasteiger partial charge is 0.354 e. The Labute approximate surface area is 86.6 Å². The van der Waals surface area contributed by atoms with Crippen LogP contribution in [0.25, 0.3) is 0 Å². The second-order valence-corrected chi connectivity index (χ2v) is 3.64. The van der Waals surface area contributed by atoms with Gasteiger partial charge in [-0.25, -0.2) is 0 Å². The molecule has 0 bridgehead atoms. The summed E-state index contributed by atoms with van der Waals surface area (Å²) >= 11 is 0. The minimum absolute atomic E-state index is 0.0423. The van der Waals surface area contributed by atoms with Gasteiger partial charge in [0.1, 0.15) is 0 Å². The highest BCUT2D eigenvalue weighted by Gasteiger charge is 2.01. The minimum Gasteiger partial charge on any atom is -0.354 e. The first kappa shape index (κ1) is 13.4. The van der Waals surface area contributed by atoms with Crippen LogP contribution < -0.4 is 16.4 Å². The van der Waals surface area contributed by atoms with Crippen molar-refractivity contribution in [2.24, 2.45) is 5.73 Å². The molecule has 0 spiro atoms. The van der Waals surface area contributed by atoms with Crippen LogP contribution in [0.5, 0.6) is 0 Å². The highest BCUT2D eigenvalue weighted by molar-refractivity contribution is 5.73. The minimum atomic E-state index is 0.0423. The molecule has 0 heterocycles. The van der Waals surface area contributed by atoms with Crippen LogP contribution in [0.2, 0.25) is 0 Å². The van der Waals surface area contributed by atoms with E-state index in [1.54, 1.807) is 6.92 Å². The zero-order valence-corrected chi connectivity index (χ0v) is 9.31. The third kappa shape index (κ3) is 9.48. The van der Waals surface area contributed by atoms with E-state index in [-0.39, 0.29) is 11.9 Å². The van der Waals surface area contributed by atoms with E-state index in [4.69, 9.17) is 5.73 Å². The lowest BCUT2D eigenvalue weighted by atomic mass is 10.2. The van der Waals surface area contributed by atoms with Crippen LogP contribution in [0.3, 0.4) is 0 Å². The molecule has 0 aromatic heterocycles. The third-order valence-corrected chi connectivity index (χ3v) is 2.01. The van der Waals surface area contributed by atoms with E-state index < -0.39 is 0 Å². The summed E-state index contributed by atoms with van der Waals surface area (Å²) in [5.74, 6) is 0.0423. The molecule has 0 aliphatic carbocycles. The molecule has 0 saturated carbocycles. The SMILES string of the molecule is CC(=O)NC(C)CCNCCCCN. The van der Waals surface area contributed by atoms with Crippen LogP contribution in [0, 0.1) is 0 Å². The van der Waals surface area contributed by atoms with E-state index in [1.807, 2.05) is 6.92 Å². The molecule has 4 heteroatoms. The van der Waals surface area contributed by atoms with Gasteiger partial charge in [0.05, 0.1) is 0 Å². The second kappa shape index (κ2) is 8.97.